The molecule has 1 aliphatic heterocycles. The van der Waals surface area contributed by atoms with Gasteiger partial charge in [-0.3, -0.25) is 9.79 Å². The molecular weight excluding hydrogens is 445 g/mol. The summed E-state index contributed by atoms with van der Waals surface area (Å²) in [5, 5.41) is 3.28. The SMILES string of the molecule is CCN=C(/C(=C\N)NC(=O)c1nc(-c2ccccc2F)sc1N)N1CCC(N)C(OC)CC1. The minimum atomic E-state index is -0.548. The fraction of sp³-hybridized carbons (Fsp3) is 0.409. The van der Waals surface area contributed by atoms with Gasteiger partial charge in [0.05, 0.1) is 11.8 Å². The minimum Gasteiger partial charge on any atom is -0.403 e. The van der Waals surface area contributed by atoms with Crippen LogP contribution in [0.2, 0.25) is 0 Å². The number of hydrogen-bond donors (Lipinski definition) is 4. The lowest BCUT2D eigenvalue weighted by Crippen LogP contribution is -2.40. The number of likely N-dealkylation sites (tertiary alicyclic amines) is 1. The topological polar surface area (TPSA) is 145 Å². The van der Waals surface area contributed by atoms with Crippen LogP contribution in [-0.2, 0) is 4.74 Å². The molecule has 0 radical (unpaired) electrons. The summed E-state index contributed by atoms with van der Waals surface area (Å²) in [7, 11) is 1.65. The number of carbonyl (C=O) groups excluding carboxylic acids is 1. The van der Waals surface area contributed by atoms with Gasteiger partial charge in [0.1, 0.15) is 21.7 Å². The van der Waals surface area contributed by atoms with E-state index in [2.05, 4.69) is 15.3 Å². The van der Waals surface area contributed by atoms with Crippen LogP contribution >= 0.6 is 11.3 Å². The van der Waals surface area contributed by atoms with E-state index >= 15 is 0 Å². The van der Waals surface area contributed by atoms with E-state index < -0.39 is 11.7 Å². The van der Waals surface area contributed by atoms with Crippen LogP contribution in [0.15, 0.2) is 41.2 Å². The number of aromatic nitrogens is 1. The van der Waals surface area contributed by atoms with Gasteiger partial charge in [0.15, 0.2) is 5.69 Å². The third-order valence-electron chi connectivity index (χ3n) is 5.43. The predicted octanol–water partition coefficient (Wildman–Crippen LogP) is 1.92. The Morgan fingerprint density at radius 3 is 2.79 bits per heavy atom. The normalized spacial score (nSPS) is 19.9. The Hall–Kier alpha value is -3.02. The number of amides is 1. The van der Waals surface area contributed by atoms with Gasteiger partial charge in [-0.2, -0.15) is 0 Å². The van der Waals surface area contributed by atoms with E-state index in [1.165, 1.54) is 12.3 Å². The highest BCUT2D eigenvalue weighted by atomic mass is 32.1. The number of methoxy groups -OCH3 is 1. The maximum absolute atomic E-state index is 14.2. The zero-order valence-electron chi connectivity index (χ0n) is 18.8. The number of amidine groups is 1. The monoisotopic (exact) mass is 475 g/mol. The fourth-order valence-corrected chi connectivity index (χ4v) is 4.56. The molecule has 0 spiro atoms. The Bertz CT molecular complexity index is 1040. The van der Waals surface area contributed by atoms with Crippen LogP contribution in [0.5, 0.6) is 0 Å². The molecule has 7 N–H and O–H groups in total. The first kappa shape index (κ1) is 24.6. The van der Waals surface area contributed by atoms with Crippen molar-refractivity contribution in [2.75, 3.05) is 32.5 Å². The van der Waals surface area contributed by atoms with Crippen LogP contribution in [0.3, 0.4) is 0 Å². The summed E-state index contributed by atoms with van der Waals surface area (Å²) in [6.07, 6.45) is 2.67. The quantitative estimate of drug-likeness (QED) is 0.369. The molecule has 1 aliphatic rings. The van der Waals surface area contributed by atoms with Gasteiger partial charge in [-0.05, 0) is 31.9 Å². The van der Waals surface area contributed by atoms with Crippen LogP contribution in [0.4, 0.5) is 9.39 Å². The number of aliphatic imine (C=N–C) groups is 1. The Kier molecular flexibility index (Phi) is 8.37. The number of nitrogens with zero attached hydrogens (tertiary/aromatic N) is 3. The van der Waals surface area contributed by atoms with Crippen molar-refractivity contribution in [2.45, 2.75) is 31.9 Å². The van der Waals surface area contributed by atoms with Gasteiger partial charge >= 0.3 is 0 Å². The second kappa shape index (κ2) is 11.2. The number of carbonyl (C=O) groups is 1. The van der Waals surface area contributed by atoms with Gasteiger partial charge in [-0.15, -0.1) is 0 Å². The van der Waals surface area contributed by atoms with Crippen molar-refractivity contribution >= 4 is 28.1 Å². The minimum absolute atomic E-state index is 0.00536. The summed E-state index contributed by atoms with van der Waals surface area (Å²) >= 11 is 1.04. The number of benzene rings is 1. The first-order valence-corrected chi connectivity index (χ1v) is 11.5. The number of halogens is 1. The van der Waals surface area contributed by atoms with E-state index in [4.69, 9.17) is 21.9 Å². The molecule has 2 unspecified atom stereocenters. The van der Waals surface area contributed by atoms with Crippen molar-refractivity contribution in [1.82, 2.24) is 15.2 Å². The van der Waals surface area contributed by atoms with Crippen molar-refractivity contribution < 1.29 is 13.9 Å². The summed E-state index contributed by atoms with van der Waals surface area (Å²) in [5.41, 5.74) is 18.8. The summed E-state index contributed by atoms with van der Waals surface area (Å²) in [4.78, 5) is 23.9. The predicted molar refractivity (Wildman–Crippen MR) is 129 cm³/mol. The first-order chi connectivity index (χ1) is 15.9. The Balaban J connectivity index is 1.81. The lowest BCUT2D eigenvalue weighted by atomic mass is 10.1. The second-order valence-electron chi connectivity index (χ2n) is 7.55. The fourth-order valence-electron chi connectivity index (χ4n) is 3.71. The highest BCUT2D eigenvalue weighted by molar-refractivity contribution is 7.19. The van der Waals surface area contributed by atoms with Crippen LogP contribution in [0, 0.1) is 5.82 Å². The molecule has 11 heteroatoms. The summed E-state index contributed by atoms with van der Waals surface area (Å²) < 4.78 is 19.6. The molecule has 2 heterocycles. The van der Waals surface area contributed by atoms with E-state index in [9.17, 15) is 9.18 Å². The van der Waals surface area contributed by atoms with Crippen molar-refractivity contribution in [3.63, 3.8) is 0 Å². The Morgan fingerprint density at radius 1 is 1.39 bits per heavy atom. The number of thiazole rings is 1. The molecule has 1 saturated heterocycles. The average molecular weight is 476 g/mol. The van der Waals surface area contributed by atoms with Crippen molar-refractivity contribution in [1.29, 1.82) is 0 Å². The van der Waals surface area contributed by atoms with Gasteiger partial charge in [-0.1, -0.05) is 23.5 Å². The van der Waals surface area contributed by atoms with Crippen molar-refractivity contribution in [3.05, 3.63) is 47.7 Å². The van der Waals surface area contributed by atoms with Gasteiger partial charge in [0.25, 0.3) is 5.91 Å². The zero-order valence-corrected chi connectivity index (χ0v) is 19.6. The van der Waals surface area contributed by atoms with E-state index in [1.807, 2.05) is 11.8 Å². The number of nitrogens with two attached hydrogens (primary N) is 3. The molecule has 9 nitrogen and oxygen atoms in total. The van der Waals surface area contributed by atoms with Gasteiger partial charge < -0.3 is 32.2 Å². The first-order valence-electron chi connectivity index (χ1n) is 10.7. The molecule has 0 bridgehead atoms. The maximum atomic E-state index is 14.2. The number of ether oxygens (including phenoxy) is 1. The van der Waals surface area contributed by atoms with Crippen LogP contribution in [-0.4, -0.2) is 60.5 Å². The largest absolute Gasteiger partial charge is 0.403 e. The second-order valence-corrected chi connectivity index (χ2v) is 8.58. The molecule has 1 aromatic heterocycles. The summed E-state index contributed by atoms with van der Waals surface area (Å²) in [6.45, 7) is 3.68. The molecule has 0 saturated carbocycles. The molecule has 0 aliphatic carbocycles. The summed E-state index contributed by atoms with van der Waals surface area (Å²) in [6, 6.07) is 6.11. The van der Waals surface area contributed by atoms with Crippen LogP contribution in [0.25, 0.3) is 10.6 Å². The van der Waals surface area contributed by atoms with Gasteiger partial charge in [-0.25, -0.2) is 9.37 Å². The number of rotatable bonds is 6. The highest BCUT2D eigenvalue weighted by Crippen LogP contribution is 2.31. The van der Waals surface area contributed by atoms with Gasteiger partial charge in [0.2, 0.25) is 0 Å². The zero-order chi connectivity index (χ0) is 24.0. The Morgan fingerprint density at radius 2 is 2.12 bits per heavy atom. The van der Waals surface area contributed by atoms with Gasteiger partial charge in [0, 0.05) is 44.5 Å². The molecule has 1 aromatic carbocycles. The van der Waals surface area contributed by atoms with E-state index in [0.717, 1.165) is 17.8 Å². The third kappa shape index (κ3) is 5.67. The molecule has 2 aromatic rings. The number of hydrogen-bond acceptors (Lipinski definition) is 8. The van der Waals surface area contributed by atoms with E-state index in [0.29, 0.717) is 42.6 Å². The van der Waals surface area contributed by atoms with Crippen LogP contribution < -0.4 is 22.5 Å². The van der Waals surface area contributed by atoms with E-state index in [1.54, 1.807) is 25.3 Å². The average Bonchev–Trinajstić information content (AvgIpc) is 3.09. The third-order valence-corrected chi connectivity index (χ3v) is 6.35. The molecule has 3 rings (SSSR count). The van der Waals surface area contributed by atoms with Crippen molar-refractivity contribution in [3.8, 4) is 10.6 Å². The highest BCUT2D eigenvalue weighted by Gasteiger charge is 2.27. The lowest BCUT2D eigenvalue weighted by Gasteiger charge is -2.26. The molecule has 2 atom stereocenters. The number of nitrogen functional groups attached to an aromatic ring is 1. The standard InChI is InChI=1S/C22H30FN7O2S/c1-3-27-20(30-10-8-15(25)17(32-2)9-11-30)16(12-24)28-21(31)18-19(26)33-22(29-18)13-6-4-5-7-14(13)23/h4-7,12,15,17H,3,8-11,24-26H2,1-2H3,(H,28,31)/b16-12+,27-20?. The molecule has 1 amide bonds. The number of nitrogens with one attached hydrogen (secondary N) is 1. The molecule has 178 valence electrons. The Labute approximate surface area is 196 Å². The van der Waals surface area contributed by atoms with Crippen molar-refractivity contribution in [2.24, 2.45) is 16.5 Å². The molecule has 1 fully saturated rings. The number of anilines is 1. The maximum Gasteiger partial charge on any atom is 0.277 e. The molecule has 33 heavy (non-hydrogen) atoms. The summed E-state index contributed by atoms with van der Waals surface area (Å²) in [5.74, 6) is -0.430. The van der Waals surface area contributed by atoms with E-state index in [-0.39, 0.29) is 28.4 Å². The smallest absolute Gasteiger partial charge is 0.277 e. The molecular formula is C22H30FN7O2S. The van der Waals surface area contributed by atoms with Crippen LogP contribution in [0.1, 0.15) is 30.3 Å². The lowest BCUT2D eigenvalue weighted by molar-refractivity contribution is 0.0769.